The van der Waals surface area contributed by atoms with Gasteiger partial charge in [-0.3, -0.25) is 14.2 Å². The number of benzene rings is 2. The number of anilines is 1. The predicted octanol–water partition coefficient (Wildman–Crippen LogP) is 4.33. The molecule has 8 heteroatoms. The summed E-state index contributed by atoms with van der Waals surface area (Å²) >= 11 is 7.39. The van der Waals surface area contributed by atoms with E-state index in [4.69, 9.17) is 11.6 Å². The molecule has 6 nitrogen and oxygen atoms in total. The van der Waals surface area contributed by atoms with E-state index in [9.17, 15) is 9.59 Å². The number of aryl methyl sites for hydroxylation is 2. The summed E-state index contributed by atoms with van der Waals surface area (Å²) < 4.78 is 1.95. The van der Waals surface area contributed by atoms with E-state index in [0.717, 1.165) is 10.8 Å². The van der Waals surface area contributed by atoms with Crippen molar-refractivity contribution in [2.24, 2.45) is 0 Å². The van der Waals surface area contributed by atoms with Crippen molar-refractivity contribution in [2.45, 2.75) is 19.0 Å². The number of rotatable bonds is 7. The Morgan fingerprint density at radius 2 is 1.93 bits per heavy atom. The molecular formula is C22H23ClN4O2S. The number of thioether (sulfide) groups is 1. The molecule has 30 heavy (non-hydrogen) atoms. The highest BCUT2D eigenvalue weighted by atomic mass is 35.5. The Bertz CT molecular complexity index is 1070. The summed E-state index contributed by atoms with van der Waals surface area (Å²) in [4.78, 5) is 30.5. The summed E-state index contributed by atoms with van der Waals surface area (Å²) in [5.41, 5.74) is 3.94. The number of halogens is 1. The fourth-order valence-electron chi connectivity index (χ4n) is 2.76. The Morgan fingerprint density at radius 1 is 1.17 bits per heavy atom. The molecule has 0 aliphatic carbocycles. The number of likely N-dealkylation sites (N-methyl/N-ethyl adjacent to an activating group) is 1. The zero-order valence-corrected chi connectivity index (χ0v) is 18.6. The van der Waals surface area contributed by atoms with Gasteiger partial charge in [0.25, 0.3) is 0 Å². The minimum absolute atomic E-state index is 0.0593. The second-order valence-electron chi connectivity index (χ2n) is 6.91. The lowest BCUT2D eigenvalue weighted by Gasteiger charge is -2.17. The summed E-state index contributed by atoms with van der Waals surface area (Å²) in [6, 6.07) is 13.2. The zero-order chi connectivity index (χ0) is 21.7. The van der Waals surface area contributed by atoms with Gasteiger partial charge in [-0.15, -0.1) is 0 Å². The number of imidazole rings is 1. The SMILES string of the molecule is Cc1ccc(-n2ccnc2SCC(=O)N(C)CC(=O)Nc2ccccc2Cl)cc1C. The monoisotopic (exact) mass is 442 g/mol. The molecule has 1 aromatic heterocycles. The minimum Gasteiger partial charge on any atom is -0.336 e. The Morgan fingerprint density at radius 3 is 2.67 bits per heavy atom. The normalized spacial score (nSPS) is 10.7. The predicted molar refractivity (Wildman–Crippen MR) is 121 cm³/mol. The average molecular weight is 443 g/mol. The molecule has 2 amide bonds. The average Bonchev–Trinajstić information content (AvgIpc) is 3.18. The van der Waals surface area contributed by atoms with Crippen LogP contribution >= 0.6 is 23.4 Å². The highest BCUT2D eigenvalue weighted by Gasteiger charge is 2.16. The molecule has 0 unspecified atom stereocenters. The first-order chi connectivity index (χ1) is 14.3. The van der Waals surface area contributed by atoms with Crippen molar-refractivity contribution < 1.29 is 9.59 Å². The van der Waals surface area contributed by atoms with Crippen LogP contribution in [0.5, 0.6) is 0 Å². The third-order valence-corrected chi connectivity index (χ3v) is 5.94. The molecule has 3 rings (SSSR count). The number of aromatic nitrogens is 2. The van der Waals surface area contributed by atoms with Gasteiger partial charge in [-0.1, -0.05) is 41.6 Å². The lowest BCUT2D eigenvalue weighted by Crippen LogP contribution is -2.36. The molecule has 0 spiro atoms. The van der Waals surface area contributed by atoms with Gasteiger partial charge in [0.15, 0.2) is 5.16 Å². The third-order valence-electron chi connectivity index (χ3n) is 4.65. The van der Waals surface area contributed by atoms with Crippen LogP contribution in [0.3, 0.4) is 0 Å². The number of nitrogens with one attached hydrogen (secondary N) is 1. The Labute approximate surface area is 185 Å². The molecule has 1 heterocycles. The van der Waals surface area contributed by atoms with Crippen molar-refractivity contribution in [3.8, 4) is 5.69 Å². The number of carbonyl (C=O) groups excluding carboxylic acids is 2. The van der Waals surface area contributed by atoms with Crippen LogP contribution in [0.15, 0.2) is 60.0 Å². The highest BCUT2D eigenvalue weighted by Crippen LogP contribution is 2.23. The maximum atomic E-state index is 12.5. The maximum Gasteiger partial charge on any atom is 0.244 e. The smallest absolute Gasteiger partial charge is 0.244 e. The maximum absolute atomic E-state index is 12.5. The summed E-state index contributed by atoms with van der Waals surface area (Å²) in [5.74, 6) is -0.290. The first kappa shape index (κ1) is 21.9. The van der Waals surface area contributed by atoms with Crippen molar-refractivity contribution in [3.63, 3.8) is 0 Å². The molecule has 156 valence electrons. The fourth-order valence-corrected chi connectivity index (χ4v) is 3.86. The lowest BCUT2D eigenvalue weighted by molar-refractivity contribution is -0.131. The summed E-state index contributed by atoms with van der Waals surface area (Å²) in [5, 5.41) is 3.89. The van der Waals surface area contributed by atoms with Gasteiger partial charge in [-0.2, -0.15) is 0 Å². The van der Waals surface area contributed by atoms with Crippen LogP contribution in [0, 0.1) is 13.8 Å². The van der Waals surface area contributed by atoms with E-state index in [0.29, 0.717) is 10.7 Å². The van der Waals surface area contributed by atoms with E-state index >= 15 is 0 Å². The molecule has 0 saturated carbocycles. The van der Waals surface area contributed by atoms with Crippen LogP contribution in [-0.2, 0) is 9.59 Å². The van der Waals surface area contributed by atoms with Gasteiger partial charge in [0.1, 0.15) is 0 Å². The second-order valence-corrected chi connectivity index (χ2v) is 8.26. The molecule has 0 radical (unpaired) electrons. The van der Waals surface area contributed by atoms with Gasteiger partial charge in [-0.25, -0.2) is 4.98 Å². The van der Waals surface area contributed by atoms with Crippen molar-refractivity contribution in [1.29, 1.82) is 0 Å². The lowest BCUT2D eigenvalue weighted by atomic mass is 10.1. The number of nitrogens with zero attached hydrogens (tertiary/aromatic N) is 3. The van der Waals surface area contributed by atoms with Crippen LogP contribution in [0.25, 0.3) is 5.69 Å². The minimum atomic E-state index is -0.305. The summed E-state index contributed by atoms with van der Waals surface area (Å²) in [6.45, 7) is 4.07. The van der Waals surface area contributed by atoms with Crippen LogP contribution in [0.4, 0.5) is 5.69 Å². The highest BCUT2D eigenvalue weighted by molar-refractivity contribution is 7.99. The van der Waals surface area contributed by atoms with Gasteiger partial charge in [-0.05, 0) is 49.2 Å². The van der Waals surface area contributed by atoms with Crippen LogP contribution in [0.2, 0.25) is 5.02 Å². The number of para-hydroxylation sites is 1. The molecule has 0 fully saturated rings. The van der Waals surface area contributed by atoms with Crippen molar-refractivity contribution in [3.05, 3.63) is 71.0 Å². The van der Waals surface area contributed by atoms with E-state index in [1.54, 1.807) is 37.5 Å². The Balaban J connectivity index is 1.57. The van der Waals surface area contributed by atoms with Gasteiger partial charge in [0.2, 0.25) is 11.8 Å². The number of hydrogen-bond donors (Lipinski definition) is 1. The topological polar surface area (TPSA) is 67.2 Å². The summed E-state index contributed by atoms with van der Waals surface area (Å²) in [7, 11) is 1.60. The van der Waals surface area contributed by atoms with Gasteiger partial charge in [0.05, 0.1) is 23.0 Å². The first-order valence-electron chi connectivity index (χ1n) is 9.37. The second kappa shape index (κ2) is 9.82. The summed E-state index contributed by atoms with van der Waals surface area (Å²) in [6.07, 6.45) is 3.58. The van der Waals surface area contributed by atoms with Crippen LogP contribution < -0.4 is 5.32 Å². The van der Waals surface area contributed by atoms with Gasteiger partial charge in [0, 0.05) is 25.1 Å². The van der Waals surface area contributed by atoms with Crippen LogP contribution in [0.1, 0.15) is 11.1 Å². The van der Waals surface area contributed by atoms with E-state index < -0.39 is 0 Å². The molecule has 2 aromatic carbocycles. The molecule has 0 atom stereocenters. The van der Waals surface area contributed by atoms with Crippen molar-refractivity contribution in [2.75, 3.05) is 24.7 Å². The molecule has 0 aliphatic rings. The van der Waals surface area contributed by atoms with Gasteiger partial charge >= 0.3 is 0 Å². The first-order valence-corrected chi connectivity index (χ1v) is 10.7. The zero-order valence-electron chi connectivity index (χ0n) is 17.1. The van der Waals surface area contributed by atoms with Crippen molar-refractivity contribution in [1.82, 2.24) is 14.5 Å². The molecule has 1 N–H and O–H groups in total. The molecule has 0 aliphatic heterocycles. The Kier molecular flexibility index (Phi) is 7.18. The van der Waals surface area contributed by atoms with E-state index in [1.807, 2.05) is 16.8 Å². The number of carbonyl (C=O) groups is 2. The van der Waals surface area contributed by atoms with Crippen LogP contribution in [-0.4, -0.2) is 45.6 Å². The number of amides is 2. The molecule has 0 bridgehead atoms. The standard InChI is InChI=1S/C22H23ClN4O2S/c1-15-8-9-17(12-16(15)2)27-11-10-24-22(27)30-14-21(29)26(3)13-20(28)25-19-7-5-4-6-18(19)23/h4-12H,13-14H2,1-3H3,(H,25,28). The van der Waals surface area contributed by atoms with Crippen molar-refractivity contribution >= 4 is 40.9 Å². The third kappa shape index (κ3) is 5.43. The molecule has 3 aromatic rings. The van der Waals surface area contributed by atoms with Gasteiger partial charge < -0.3 is 10.2 Å². The molecule has 0 saturated heterocycles. The van der Waals surface area contributed by atoms with E-state index in [-0.39, 0.29) is 24.1 Å². The number of hydrogen-bond acceptors (Lipinski definition) is 4. The fraction of sp³-hybridized carbons (Fsp3) is 0.227. The molecular weight excluding hydrogens is 420 g/mol. The Hall–Kier alpha value is -2.77. The van der Waals surface area contributed by atoms with E-state index in [1.165, 1.54) is 27.8 Å². The largest absolute Gasteiger partial charge is 0.336 e. The van der Waals surface area contributed by atoms with E-state index in [2.05, 4.69) is 36.3 Å². The quantitative estimate of drug-likeness (QED) is 0.553.